The van der Waals surface area contributed by atoms with Crippen molar-refractivity contribution < 1.29 is 4.79 Å². The van der Waals surface area contributed by atoms with Crippen LogP contribution < -0.4 is 11.1 Å². The predicted molar refractivity (Wildman–Crippen MR) is 79.0 cm³/mol. The molecule has 0 aliphatic carbocycles. The summed E-state index contributed by atoms with van der Waals surface area (Å²) in [5.74, 6) is 0.844. The van der Waals surface area contributed by atoms with Crippen molar-refractivity contribution in [2.75, 3.05) is 5.73 Å². The van der Waals surface area contributed by atoms with E-state index in [4.69, 9.17) is 5.73 Å². The summed E-state index contributed by atoms with van der Waals surface area (Å²) in [6, 6.07) is 3.61. The number of aromatic nitrogens is 1. The molecule has 0 saturated carbocycles. The van der Waals surface area contributed by atoms with E-state index in [1.807, 2.05) is 13.0 Å². The fourth-order valence-corrected chi connectivity index (χ4v) is 2.33. The molecule has 1 aromatic heterocycles. The third-order valence-corrected chi connectivity index (χ3v) is 3.64. The van der Waals surface area contributed by atoms with Gasteiger partial charge in [-0.15, -0.1) is 0 Å². The lowest BCUT2D eigenvalue weighted by molar-refractivity contribution is 0.0925. The summed E-state index contributed by atoms with van der Waals surface area (Å²) in [5.41, 5.74) is 7.17. The van der Waals surface area contributed by atoms with Gasteiger partial charge in [-0.2, -0.15) is 0 Å². The minimum Gasteiger partial charge on any atom is -0.384 e. The Morgan fingerprint density at radius 1 is 1.32 bits per heavy atom. The van der Waals surface area contributed by atoms with Crippen LogP contribution in [0.4, 0.5) is 5.82 Å². The molecule has 0 fully saturated rings. The van der Waals surface area contributed by atoms with Gasteiger partial charge >= 0.3 is 0 Å². The normalized spacial score (nSPS) is 12.5. The number of nitrogens with two attached hydrogens (primary N) is 1. The van der Waals surface area contributed by atoms with Crippen molar-refractivity contribution in [3.05, 3.63) is 23.4 Å². The van der Waals surface area contributed by atoms with Crippen LogP contribution >= 0.6 is 0 Å². The van der Waals surface area contributed by atoms with Gasteiger partial charge in [-0.1, -0.05) is 33.6 Å². The Labute approximate surface area is 115 Å². The fraction of sp³-hybridized carbons (Fsp3) is 0.600. The highest BCUT2D eigenvalue weighted by atomic mass is 16.1. The van der Waals surface area contributed by atoms with E-state index in [1.165, 1.54) is 0 Å². The van der Waals surface area contributed by atoms with Crippen LogP contribution in [-0.2, 0) is 6.42 Å². The first-order valence-electron chi connectivity index (χ1n) is 7.09. The average Bonchev–Trinajstić information content (AvgIpc) is 2.39. The Balaban J connectivity index is 2.80. The highest BCUT2D eigenvalue weighted by Crippen LogP contribution is 2.14. The first-order valence-corrected chi connectivity index (χ1v) is 7.09. The van der Waals surface area contributed by atoms with Crippen LogP contribution in [0.3, 0.4) is 0 Å². The molecule has 1 heterocycles. The van der Waals surface area contributed by atoms with E-state index in [9.17, 15) is 4.79 Å². The molecule has 1 aromatic rings. The maximum atomic E-state index is 12.2. The topological polar surface area (TPSA) is 68.0 Å². The SMILES string of the molecule is CCc1cc(C(=O)NC(C)C(CC)CC)cc(N)n1. The molecule has 0 aliphatic rings. The highest BCUT2D eigenvalue weighted by molar-refractivity contribution is 5.95. The van der Waals surface area contributed by atoms with Crippen LogP contribution in [0.1, 0.15) is 56.6 Å². The molecule has 0 radical (unpaired) electrons. The minimum absolute atomic E-state index is 0.0665. The van der Waals surface area contributed by atoms with Gasteiger partial charge in [0, 0.05) is 17.3 Å². The second-order valence-electron chi connectivity index (χ2n) is 4.96. The molecule has 4 heteroatoms. The molecule has 0 spiro atoms. The van der Waals surface area contributed by atoms with Crippen LogP contribution in [0.25, 0.3) is 0 Å². The van der Waals surface area contributed by atoms with E-state index in [2.05, 4.69) is 31.1 Å². The van der Waals surface area contributed by atoms with E-state index in [0.717, 1.165) is 25.0 Å². The first-order chi connectivity index (χ1) is 9.01. The maximum absolute atomic E-state index is 12.2. The van der Waals surface area contributed by atoms with Gasteiger partial charge in [-0.3, -0.25) is 4.79 Å². The van der Waals surface area contributed by atoms with E-state index < -0.39 is 0 Å². The van der Waals surface area contributed by atoms with Crippen molar-refractivity contribution >= 4 is 11.7 Å². The van der Waals surface area contributed by atoms with Gasteiger partial charge in [0.1, 0.15) is 5.82 Å². The summed E-state index contributed by atoms with van der Waals surface area (Å²) in [5, 5.41) is 3.05. The van der Waals surface area contributed by atoms with Crippen molar-refractivity contribution in [3.8, 4) is 0 Å². The number of nitrogens with zero attached hydrogens (tertiary/aromatic N) is 1. The number of pyridine rings is 1. The number of nitrogen functional groups attached to an aromatic ring is 1. The molecular weight excluding hydrogens is 238 g/mol. The number of hydrogen-bond donors (Lipinski definition) is 2. The minimum atomic E-state index is -0.0665. The standard InChI is InChI=1S/C15H25N3O/c1-5-11(6-2)10(4)17-15(19)12-8-13(7-3)18-14(16)9-12/h8-11H,5-7H2,1-4H3,(H2,16,18)(H,17,19). The quantitative estimate of drug-likeness (QED) is 0.829. The zero-order chi connectivity index (χ0) is 14.4. The second kappa shape index (κ2) is 7.12. The van der Waals surface area contributed by atoms with Gasteiger partial charge < -0.3 is 11.1 Å². The zero-order valence-corrected chi connectivity index (χ0v) is 12.4. The zero-order valence-electron chi connectivity index (χ0n) is 12.4. The third kappa shape index (κ3) is 4.23. The lowest BCUT2D eigenvalue weighted by Crippen LogP contribution is -2.37. The Morgan fingerprint density at radius 2 is 1.95 bits per heavy atom. The van der Waals surface area contributed by atoms with E-state index in [1.54, 1.807) is 6.07 Å². The van der Waals surface area contributed by atoms with Gasteiger partial charge in [0.2, 0.25) is 0 Å². The van der Waals surface area contributed by atoms with Crippen LogP contribution in [0.15, 0.2) is 12.1 Å². The molecule has 0 saturated heterocycles. The lowest BCUT2D eigenvalue weighted by atomic mass is 9.95. The Morgan fingerprint density at radius 3 is 2.47 bits per heavy atom. The molecule has 19 heavy (non-hydrogen) atoms. The summed E-state index contributed by atoms with van der Waals surface area (Å²) in [6.07, 6.45) is 2.90. The molecule has 0 aliphatic heterocycles. The summed E-state index contributed by atoms with van der Waals surface area (Å²) in [7, 11) is 0. The average molecular weight is 263 g/mol. The van der Waals surface area contributed by atoms with Crippen LogP contribution in [0.2, 0.25) is 0 Å². The molecule has 1 amide bonds. The van der Waals surface area contributed by atoms with Crippen molar-refractivity contribution in [2.24, 2.45) is 5.92 Å². The second-order valence-corrected chi connectivity index (χ2v) is 4.96. The Bertz CT molecular complexity index is 427. The lowest BCUT2D eigenvalue weighted by Gasteiger charge is -2.22. The van der Waals surface area contributed by atoms with Gasteiger partial charge in [0.15, 0.2) is 0 Å². The molecule has 1 unspecified atom stereocenters. The van der Waals surface area contributed by atoms with Crippen LogP contribution in [-0.4, -0.2) is 16.9 Å². The van der Waals surface area contributed by atoms with Crippen molar-refractivity contribution in [2.45, 2.75) is 53.0 Å². The van der Waals surface area contributed by atoms with E-state index in [-0.39, 0.29) is 11.9 Å². The monoisotopic (exact) mass is 263 g/mol. The summed E-state index contributed by atoms with van der Waals surface area (Å²) < 4.78 is 0. The van der Waals surface area contributed by atoms with Crippen molar-refractivity contribution in [1.29, 1.82) is 0 Å². The van der Waals surface area contributed by atoms with E-state index >= 15 is 0 Å². The summed E-state index contributed by atoms with van der Waals surface area (Å²) in [6.45, 7) is 8.35. The number of carbonyl (C=O) groups excluding carboxylic acids is 1. The first kappa shape index (κ1) is 15.5. The van der Waals surface area contributed by atoms with Crippen LogP contribution in [0.5, 0.6) is 0 Å². The van der Waals surface area contributed by atoms with Gasteiger partial charge in [0.05, 0.1) is 0 Å². The molecule has 1 atom stereocenters. The number of nitrogens with one attached hydrogen (secondary N) is 1. The fourth-order valence-electron chi connectivity index (χ4n) is 2.33. The molecule has 3 N–H and O–H groups in total. The highest BCUT2D eigenvalue weighted by Gasteiger charge is 2.17. The molecule has 1 rings (SSSR count). The summed E-state index contributed by atoms with van der Waals surface area (Å²) >= 11 is 0. The maximum Gasteiger partial charge on any atom is 0.251 e. The molecule has 0 bridgehead atoms. The van der Waals surface area contributed by atoms with Crippen LogP contribution in [0, 0.1) is 5.92 Å². The number of rotatable bonds is 6. The molecule has 106 valence electrons. The van der Waals surface area contributed by atoms with Gasteiger partial charge in [0.25, 0.3) is 5.91 Å². The van der Waals surface area contributed by atoms with Gasteiger partial charge in [-0.05, 0) is 31.4 Å². The Kier molecular flexibility index (Phi) is 5.80. The van der Waals surface area contributed by atoms with Crippen molar-refractivity contribution in [3.63, 3.8) is 0 Å². The third-order valence-electron chi connectivity index (χ3n) is 3.64. The number of anilines is 1. The molecular formula is C15H25N3O. The molecule has 0 aromatic carbocycles. The van der Waals surface area contributed by atoms with E-state index in [0.29, 0.717) is 17.3 Å². The van der Waals surface area contributed by atoms with Gasteiger partial charge in [-0.25, -0.2) is 4.98 Å². The Hall–Kier alpha value is -1.58. The molecule has 4 nitrogen and oxygen atoms in total. The number of carbonyl (C=O) groups is 1. The number of hydrogen-bond acceptors (Lipinski definition) is 3. The number of aryl methyl sites for hydroxylation is 1. The summed E-state index contributed by atoms with van der Waals surface area (Å²) in [4.78, 5) is 16.4. The number of amides is 1. The van der Waals surface area contributed by atoms with Crippen molar-refractivity contribution in [1.82, 2.24) is 10.3 Å². The smallest absolute Gasteiger partial charge is 0.251 e. The predicted octanol–water partition coefficient (Wildman–Crippen LogP) is 2.78. The largest absolute Gasteiger partial charge is 0.384 e.